The topological polar surface area (TPSA) is 107 Å². The highest BCUT2D eigenvalue weighted by Crippen LogP contribution is 2.21. The van der Waals surface area contributed by atoms with Crippen LogP contribution in [-0.2, 0) is 5.75 Å². The van der Waals surface area contributed by atoms with Gasteiger partial charge in [0.15, 0.2) is 0 Å². The Kier molecular flexibility index (Phi) is 3.58. The van der Waals surface area contributed by atoms with Crippen LogP contribution >= 0.6 is 11.8 Å². The second-order valence-electron chi connectivity index (χ2n) is 5.03. The molecular weight excluding hydrogens is 328 g/mol. The molecule has 4 aromatic rings. The van der Waals surface area contributed by atoms with Gasteiger partial charge in [-0.25, -0.2) is 4.98 Å². The fourth-order valence-corrected chi connectivity index (χ4v) is 3.03. The minimum absolute atomic E-state index is 0.196. The summed E-state index contributed by atoms with van der Waals surface area (Å²) < 4.78 is 2.96. The zero-order chi connectivity index (χ0) is 16.5. The van der Waals surface area contributed by atoms with Crippen LogP contribution < -0.4 is 5.56 Å². The molecule has 0 saturated carbocycles. The van der Waals surface area contributed by atoms with Gasteiger partial charge >= 0.3 is 0 Å². The lowest BCUT2D eigenvalue weighted by Gasteiger charge is -2.03. The van der Waals surface area contributed by atoms with Gasteiger partial charge in [0.2, 0.25) is 5.16 Å². The van der Waals surface area contributed by atoms with Crippen molar-refractivity contribution >= 4 is 17.5 Å². The van der Waals surface area contributed by atoms with Gasteiger partial charge in [-0.3, -0.25) is 9.89 Å². The van der Waals surface area contributed by atoms with Crippen molar-refractivity contribution in [3.63, 3.8) is 0 Å². The molecule has 0 spiro atoms. The normalized spacial score (nSPS) is 11.2. The zero-order valence-corrected chi connectivity index (χ0v) is 13.4. The van der Waals surface area contributed by atoms with E-state index in [-0.39, 0.29) is 5.56 Å². The van der Waals surface area contributed by atoms with Gasteiger partial charge < -0.3 is 0 Å². The van der Waals surface area contributed by atoms with E-state index in [2.05, 4.69) is 30.6 Å². The molecule has 0 aliphatic carbocycles. The van der Waals surface area contributed by atoms with E-state index in [4.69, 9.17) is 0 Å². The Hall–Kier alpha value is -3.01. The minimum Gasteiger partial charge on any atom is -0.275 e. The number of thioether (sulfide) groups is 1. The lowest BCUT2D eigenvalue weighted by atomic mass is 10.3. The van der Waals surface area contributed by atoms with E-state index in [1.54, 1.807) is 11.6 Å². The van der Waals surface area contributed by atoms with Crippen molar-refractivity contribution in [1.29, 1.82) is 0 Å². The van der Waals surface area contributed by atoms with E-state index in [9.17, 15) is 4.79 Å². The molecule has 0 unspecified atom stereocenters. The monoisotopic (exact) mass is 340 g/mol. The highest BCUT2D eigenvalue weighted by atomic mass is 32.2. The third kappa shape index (κ3) is 2.67. The van der Waals surface area contributed by atoms with Crippen LogP contribution in [0.5, 0.6) is 0 Å². The van der Waals surface area contributed by atoms with Crippen LogP contribution in [-0.4, -0.2) is 39.8 Å². The molecule has 24 heavy (non-hydrogen) atoms. The van der Waals surface area contributed by atoms with Gasteiger partial charge in [0.25, 0.3) is 11.3 Å². The maximum absolute atomic E-state index is 12.1. The van der Waals surface area contributed by atoms with Crippen LogP contribution in [0, 0.1) is 6.92 Å². The van der Waals surface area contributed by atoms with Crippen LogP contribution in [0.2, 0.25) is 0 Å². The quantitative estimate of drug-likeness (QED) is 0.552. The molecule has 0 bridgehead atoms. The van der Waals surface area contributed by atoms with E-state index in [0.29, 0.717) is 28.2 Å². The Morgan fingerprint density at radius 3 is 2.88 bits per heavy atom. The summed E-state index contributed by atoms with van der Waals surface area (Å²) in [5.41, 5.74) is 1.30. The number of nitrogens with zero attached hydrogens (tertiary/aromatic N) is 7. The van der Waals surface area contributed by atoms with Crippen molar-refractivity contribution in [3.05, 3.63) is 58.3 Å². The van der Waals surface area contributed by atoms with Gasteiger partial charge in [0.1, 0.15) is 5.82 Å². The standard InChI is InChI=1S/C14H12N8OS/c1-9-15-13-16-10(7-12(23)22(13)18-9)8-24-14-17-19-20-21(14)11-5-3-2-4-6-11/h2-7H,8H2,1H3,(H,15,16,18). The molecule has 9 nitrogen and oxygen atoms in total. The Morgan fingerprint density at radius 2 is 2.04 bits per heavy atom. The predicted molar refractivity (Wildman–Crippen MR) is 87.1 cm³/mol. The summed E-state index contributed by atoms with van der Waals surface area (Å²) in [5, 5.41) is 15.2. The zero-order valence-electron chi connectivity index (χ0n) is 12.6. The Bertz CT molecular complexity index is 1050. The van der Waals surface area contributed by atoms with E-state index in [1.807, 2.05) is 30.3 Å². The van der Waals surface area contributed by atoms with Crippen molar-refractivity contribution < 1.29 is 0 Å². The number of aryl methyl sites for hydroxylation is 1. The molecule has 0 fully saturated rings. The van der Waals surface area contributed by atoms with Gasteiger partial charge in [-0.2, -0.15) is 14.2 Å². The smallest absolute Gasteiger partial charge is 0.274 e. The number of benzene rings is 1. The number of fused-ring (bicyclic) bond motifs is 1. The molecule has 4 rings (SSSR count). The van der Waals surface area contributed by atoms with Crippen LogP contribution in [0.3, 0.4) is 0 Å². The number of H-pyrrole nitrogens is 1. The summed E-state index contributed by atoms with van der Waals surface area (Å²) >= 11 is 1.40. The van der Waals surface area contributed by atoms with Gasteiger partial charge in [0.05, 0.1) is 11.4 Å². The summed E-state index contributed by atoms with van der Waals surface area (Å²) in [6, 6.07) is 11.1. The van der Waals surface area contributed by atoms with Crippen LogP contribution in [0.4, 0.5) is 0 Å². The fraction of sp³-hybridized carbons (Fsp3) is 0.143. The van der Waals surface area contributed by atoms with Crippen LogP contribution in [0.1, 0.15) is 11.5 Å². The fourth-order valence-electron chi connectivity index (χ4n) is 2.25. The molecule has 0 aliphatic rings. The lowest BCUT2D eigenvalue weighted by molar-refractivity contribution is 0.756. The molecule has 0 radical (unpaired) electrons. The number of aromatic amines is 1. The van der Waals surface area contributed by atoms with E-state index >= 15 is 0 Å². The first-order valence-electron chi connectivity index (χ1n) is 7.12. The highest BCUT2D eigenvalue weighted by molar-refractivity contribution is 7.98. The third-order valence-corrected chi connectivity index (χ3v) is 4.24. The number of hydrogen-bond donors (Lipinski definition) is 1. The van der Waals surface area contributed by atoms with Crippen molar-refractivity contribution in [2.24, 2.45) is 0 Å². The second kappa shape index (κ2) is 5.89. The first kappa shape index (κ1) is 14.6. The molecule has 0 saturated heterocycles. The van der Waals surface area contributed by atoms with Crippen LogP contribution in [0.15, 0.2) is 46.3 Å². The van der Waals surface area contributed by atoms with E-state index in [1.165, 1.54) is 22.3 Å². The van der Waals surface area contributed by atoms with Crippen molar-refractivity contribution in [1.82, 2.24) is 39.8 Å². The maximum atomic E-state index is 12.1. The average Bonchev–Trinajstić information content (AvgIpc) is 3.20. The summed E-state index contributed by atoms with van der Waals surface area (Å²) in [6.07, 6.45) is 0. The molecular formula is C14H12N8OS. The van der Waals surface area contributed by atoms with Gasteiger partial charge in [-0.15, -0.1) is 5.10 Å². The molecule has 1 N–H and O–H groups in total. The summed E-state index contributed by atoms with van der Waals surface area (Å²) in [6.45, 7) is 1.77. The molecule has 0 atom stereocenters. The average molecular weight is 340 g/mol. The maximum Gasteiger partial charge on any atom is 0.274 e. The summed E-state index contributed by atoms with van der Waals surface area (Å²) in [7, 11) is 0. The number of hydrogen-bond acceptors (Lipinski definition) is 7. The predicted octanol–water partition coefficient (Wildman–Crippen LogP) is 0.994. The van der Waals surface area contributed by atoms with Gasteiger partial charge in [-0.05, 0) is 29.5 Å². The van der Waals surface area contributed by atoms with Crippen molar-refractivity contribution in [3.8, 4) is 5.69 Å². The van der Waals surface area contributed by atoms with E-state index < -0.39 is 0 Å². The number of tetrazole rings is 1. The Labute approximate surface area is 139 Å². The van der Waals surface area contributed by atoms with Crippen molar-refractivity contribution in [2.75, 3.05) is 0 Å². The number of rotatable bonds is 4. The lowest BCUT2D eigenvalue weighted by Crippen LogP contribution is -2.15. The third-order valence-electron chi connectivity index (χ3n) is 3.29. The number of aromatic nitrogens is 8. The highest BCUT2D eigenvalue weighted by Gasteiger charge is 2.11. The Morgan fingerprint density at radius 1 is 1.21 bits per heavy atom. The number of nitrogens with one attached hydrogen (secondary N) is 1. The van der Waals surface area contributed by atoms with Crippen molar-refractivity contribution in [2.45, 2.75) is 17.8 Å². The minimum atomic E-state index is -0.196. The molecule has 3 heterocycles. The molecule has 3 aromatic heterocycles. The molecule has 0 aliphatic heterocycles. The van der Waals surface area contributed by atoms with Gasteiger partial charge in [0, 0.05) is 11.8 Å². The first-order chi connectivity index (χ1) is 11.7. The molecule has 1 aromatic carbocycles. The first-order valence-corrected chi connectivity index (χ1v) is 8.11. The van der Waals surface area contributed by atoms with Crippen LogP contribution in [0.25, 0.3) is 11.5 Å². The Balaban J connectivity index is 1.60. The molecule has 120 valence electrons. The summed E-state index contributed by atoms with van der Waals surface area (Å²) in [5.74, 6) is 1.46. The summed E-state index contributed by atoms with van der Waals surface area (Å²) in [4.78, 5) is 20.6. The largest absolute Gasteiger partial charge is 0.275 e. The SMILES string of the molecule is Cc1nc2nc(CSc3nnnn3-c3ccccc3)cc(=O)n2[nH]1. The second-order valence-corrected chi connectivity index (χ2v) is 5.97. The number of para-hydroxylation sites is 1. The molecule has 0 amide bonds. The van der Waals surface area contributed by atoms with Gasteiger partial charge in [-0.1, -0.05) is 30.0 Å². The van der Waals surface area contributed by atoms with E-state index in [0.717, 1.165) is 5.69 Å². The molecule has 10 heteroatoms.